The molecule has 0 aliphatic carbocycles. The molecular formula is C20H22ClFN4. The van der Waals surface area contributed by atoms with Gasteiger partial charge in [0.15, 0.2) is 5.65 Å². The van der Waals surface area contributed by atoms with Crippen LogP contribution in [0.4, 0.5) is 4.39 Å². The normalized spacial score (nSPS) is 21.4. The van der Waals surface area contributed by atoms with Gasteiger partial charge in [-0.1, -0.05) is 24.6 Å². The van der Waals surface area contributed by atoms with Crippen LogP contribution in [0.15, 0.2) is 36.5 Å². The average Bonchev–Trinajstić information content (AvgIpc) is 2.92. The van der Waals surface area contributed by atoms with Crippen LogP contribution in [0.5, 0.6) is 0 Å². The van der Waals surface area contributed by atoms with E-state index in [0.29, 0.717) is 10.9 Å². The molecule has 26 heavy (non-hydrogen) atoms. The molecule has 3 heterocycles. The van der Waals surface area contributed by atoms with Gasteiger partial charge in [-0.15, -0.1) is 0 Å². The van der Waals surface area contributed by atoms with Crippen LogP contribution in [-0.4, -0.2) is 32.5 Å². The minimum absolute atomic E-state index is 0.191. The summed E-state index contributed by atoms with van der Waals surface area (Å²) in [5.74, 6) is 1.42. The number of halogens is 2. The summed E-state index contributed by atoms with van der Waals surface area (Å²) in [6.07, 6.45) is 2.70. The molecule has 1 aliphatic rings. The first-order valence-electron chi connectivity index (χ1n) is 8.96. The Morgan fingerprint density at radius 2 is 2.15 bits per heavy atom. The quantitative estimate of drug-likeness (QED) is 0.684. The van der Waals surface area contributed by atoms with Gasteiger partial charge in [0, 0.05) is 24.8 Å². The fourth-order valence-corrected chi connectivity index (χ4v) is 4.21. The number of fused-ring (bicyclic) bond motifs is 1. The van der Waals surface area contributed by atoms with Crippen LogP contribution in [0, 0.1) is 11.7 Å². The van der Waals surface area contributed by atoms with E-state index in [-0.39, 0.29) is 11.7 Å². The van der Waals surface area contributed by atoms with Gasteiger partial charge in [0.25, 0.3) is 0 Å². The molecule has 0 saturated carbocycles. The highest BCUT2D eigenvalue weighted by atomic mass is 35.5. The number of aromatic nitrogens is 3. The van der Waals surface area contributed by atoms with Gasteiger partial charge in [-0.25, -0.2) is 14.4 Å². The largest absolute Gasteiger partial charge is 0.329 e. The lowest BCUT2D eigenvalue weighted by Gasteiger charge is -2.37. The number of hydrogen-bond acceptors (Lipinski definition) is 3. The molecule has 1 saturated heterocycles. The molecule has 6 heteroatoms. The summed E-state index contributed by atoms with van der Waals surface area (Å²) in [5, 5.41) is 0.451. The standard InChI is InChI=1S/C20H22ClFN4/c1-13-11-26(9-7-15(13)16-6-5-14(21)10-17(16)22)12-19-24-20-18(25(19)2)4-3-8-23-20/h3-6,8,10,13,15H,7,9,11-12H2,1-2H3/t13-,15+/m1/s1. The van der Waals surface area contributed by atoms with Gasteiger partial charge in [-0.05, 0) is 54.6 Å². The van der Waals surface area contributed by atoms with E-state index in [9.17, 15) is 4.39 Å². The smallest absolute Gasteiger partial charge is 0.177 e. The Labute approximate surface area is 157 Å². The van der Waals surface area contributed by atoms with E-state index >= 15 is 0 Å². The Morgan fingerprint density at radius 1 is 1.31 bits per heavy atom. The zero-order chi connectivity index (χ0) is 18.3. The van der Waals surface area contributed by atoms with Crippen LogP contribution in [0.1, 0.15) is 30.7 Å². The van der Waals surface area contributed by atoms with Crippen LogP contribution in [0.25, 0.3) is 11.2 Å². The first kappa shape index (κ1) is 17.4. The molecule has 1 aliphatic heterocycles. The number of pyridine rings is 1. The fraction of sp³-hybridized carbons (Fsp3) is 0.400. The first-order chi connectivity index (χ1) is 12.5. The van der Waals surface area contributed by atoms with Crippen molar-refractivity contribution in [1.29, 1.82) is 0 Å². The zero-order valence-corrected chi connectivity index (χ0v) is 15.7. The second-order valence-electron chi connectivity index (χ2n) is 7.21. The minimum atomic E-state index is -0.191. The van der Waals surface area contributed by atoms with Crippen LogP contribution in [-0.2, 0) is 13.6 Å². The van der Waals surface area contributed by atoms with Gasteiger partial charge in [-0.2, -0.15) is 0 Å². The molecule has 1 aromatic carbocycles. The lowest BCUT2D eigenvalue weighted by atomic mass is 9.81. The van der Waals surface area contributed by atoms with Gasteiger partial charge >= 0.3 is 0 Å². The summed E-state index contributed by atoms with van der Waals surface area (Å²) in [6, 6.07) is 9.01. The summed E-state index contributed by atoms with van der Waals surface area (Å²) in [6.45, 7) is 4.82. The van der Waals surface area contributed by atoms with E-state index in [1.807, 2.05) is 25.2 Å². The van der Waals surface area contributed by atoms with Gasteiger partial charge < -0.3 is 4.57 Å². The van der Waals surface area contributed by atoms with Crippen molar-refractivity contribution in [2.45, 2.75) is 25.8 Å². The molecule has 2 atom stereocenters. The maximum absolute atomic E-state index is 14.3. The molecule has 0 N–H and O–H groups in total. The van der Waals surface area contributed by atoms with E-state index in [1.54, 1.807) is 12.3 Å². The van der Waals surface area contributed by atoms with Gasteiger partial charge in [0.2, 0.25) is 0 Å². The SMILES string of the molecule is C[C@@H]1CN(Cc2nc3ncccc3n2C)CC[C@@H]1c1ccc(Cl)cc1F. The molecule has 0 radical (unpaired) electrons. The molecule has 0 amide bonds. The average molecular weight is 373 g/mol. The highest BCUT2D eigenvalue weighted by molar-refractivity contribution is 6.30. The van der Waals surface area contributed by atoms with Crippen LogP contribution in [0.3, 0.4) is 0 Å². The molecule has 2 aromatic heterocycles. The number of imidazole rings is 1. The summed E-state index contributed by atoms with van der Waals surface area (Å²) < 4.78 is 16.4. The minimum Gasteiger partial charge on any atom is -0.329 e. The second-order valence-corrected chi connectivity index (χ2v) is 7.64. The van der Waals surface area contributed by atoms with Crippen molar-refractivity contribution in [3.63, 3.8) is 0 Å². The number of rotatable bonds is 3. The molecule has 3 aromatic rings. The third-order valence-corrected chi connectivity index (χ3v) is 5.70. The Bertz CT molecular complexity index is 939. The Balaban J connectivity index is 1.49. The molecule has 136 valence electrons. The Hall–Kier alpha value is -1.98. The van der Waals surface area contributed by atoms with Crippen LogP contribution >= 0.6 is 11.6 Å². The van der Waals surface area contributed by atoms with E-state index in [0.717, 1.165) is 48.6 Å². The van der Waals surface area contributed by atoms with Gasteiger partial charge in [-0.3, -0.25) is 4.90 Å². The van der Waals surface area contributed by atoms with E-state index < -0.39 is 0 Å². The second kappa shape index (κ2) is 6.97. The maximum Gasteiger partial charge on any atom is 0.177 e. The van der Waals surface area contributed by atoms with E-state index in [4.69, 9.17) is 11.6 Å². The summed E-state index contributed by atoms with van der Waals surface area (Å²) in [4.78, 5) is 11.4. The number of likely N-dealkylation sites (tertiary alicyclic amines) is 1. The summed E-state index contributed by atoms with van der Waals surface area (Å²) in [7, 11) is 2.03. The highest BCUT2D eigenvalue weighted by Crippen LogP contribution is 2.35. The Morgan fingerprint density at radius 3 is 2.88 bits per heavy atom. The third-order valence-electron chi connectivity index (χ3n) is 5.47. The Kier molecular flexibility index (Phi) is 4.67. The molecule has 0 unspecified atom stereocenters. The molecule has 1 fully saturated rings. The van der Waals surface area contributed by atoms with Crippen molar-refractivity contribution in [2.75, 3.05) is 13.1 Å². The number of hydrogen-bond donors (Lipinski definition) is 0. The predicted molar refractivity (Wildman–Crippen MR) is 102 cm³/mol. The maximum atomic E-state index is 14.3. The number of benzene rings is 1. The van der Waals surface area contributed by atoms with Crippen molar-refractivity contribution >= 4 is 22.8 Å². The molecule has 0 spiro atoms. The third kappa shape index (κ3) is 3.21. The number of aryl methyl sites for hydroxylation is 1. The lowest BCUT2D eigenvalue weighted by molar-refractivity contribution is 0.150. The fourth-order valence-electron chi connectivity index (χ4n) is 4.05. The van der Waals surface area contributed by atoms with Gasteiger partial charge in [0.1, 0.15) is 11.6 Å². The van der Waals surface area contributed by atoms with E-state index in [2.05, 4.69) is 26.4 Å². The van der Waals surface area contributed by atoms with Crippen molar-refractivity contribution in [2.24, 2.45) is 13.0 Å². The van der Waals surface area contributed by atoms with E-state index in [1.165, 1.54) is 6.07 Å². The molecule has 4 rings (SSSR count). The van der Waals surface area contributed by atoms with Crippen LogP contribution < -0.4 is 0 Å². The van der Waals surface area contributed by atoms with Crippen molar-refractivity contribution in [3.8, 4) is 0 Å². The first-order valence-corrected chi connectivity index (χ1v) is 9.34. The summed E-state index contributed by atoms with van der Waals surface area (Å²) in [5.41, 5.74) is 2.62. The zero-order valence-electron chi connectivity index (χ0n) is 15.0. The van der Waals surface area contributed by atoms with Crippen molar-refractivity contribution in [1.82, 2.24) is 19.4 Å². The predicted octanol–water partition coefficient (Wildman–Crippen LogP) is 4.39. The molecule has 0 bridgehead atoms. The number of nitrogens with zero attached hydrogens (tertiary/aromatic N) is 4. The van der Waals surface area contributed by atoms with Crippen LogP contribution in [0.2, 0.25) is 5.02 Å². The van der Waals surface area contributed by atoms with Crippen molar-refractivity contribution in [3.05, 3.63) is 58.8 Å². The van der Waals surface area contributed by atoms with Gasteiger partial charge in [0.05, 0.1) is 12.1 Å². The summed E-state index contributed by atoms with van der Waals surface area (Å²) >= 11 is 5.89. The number of piperidine rings is 1. The molecular weight excluding hydrogens is 351 g/mol. The highest BCUT2D eigenvalue weighted by Gasteiger charge is 2.29. The van der Waals surface area contributed by atoms with Crippen molar-refractivity contribution < 1.29 is 4.39 Å². The monoisotopic (exact) mass is 372 g/mol. The lowest BCUT2D eigenvalue weighted by Crippen LogP contribution is -2.38. The topological polar surface area (TPSA) is 34.0 Å². The molecule has 4 nitrogen and oxygen atoms in total.